The van der Waals surface area contributed by atoms with Gasteiger partial charge in [0, 0.05) is 31.0 Å². The molecule has 4 rings (SSSR count). The molecular formula is C25H27F3N2O3. The number of hydrogen-bond acceptors (Lipinski definition) is 3. The van der Waals surface area contributed by atoms with Gasteiger partial charge in [-0.15, -0.1) is 0 Å². The molecule has 0 spiro atoms. The van der Waals surface area contributed by atoms with E-state index in [0.29, 0.717) is 43.4 Å². The lowest BCUT2D eigenvalue weighted by Crippen LogP contribution is -2.36. The van der Waals surface area contributed by atoms with Gasteiger partial charge in [0.05, 0.1) is 12.6 Å². The van der Waals surface area contributed by atoms with Gasteiger partial charge < -0.3 is 5.32 Å². The van der Waals surface area contributed by atoms with Crippen molar-refractivity contribution in [1.29, 1.82) is 0 Å². The second-order valence-electron chi connectivity index (χ2n) is 8.85. The Balaban J connectivity index is 1.37. The lowest BCUT2D eigenvalue weighted by atomic mass is 9.78. The van der Waals surface area contributed by atoms with Crippen LogP contribution in [0.5, 0.6) is 0 Å². The highest BCUT2D eigenvalue weighted by Crippen LogP contribution is 2.37. The molecule has 5 nitrogen and oxygen atoms in total. The van der Waals surface area contributed by atoms with Crippen molar-refractivity contribution in [3.63, 3.8) is 0 Å². The molecule has 2 aliphatic rings. The van der Waals surface area contributed by atoms with Crippen molar-refractivity contribution in [3.05, 3.63) is 70.5 Å². The van der Waals surface area contributed by atoms with Crippen molar-refractivity contribution in [2.75, 3.05) is 13.7 Å². The number of nitrogens with zero attached hydrogens (tertiary/aromatic N) is 1. The van der Waals surface area contributed by atoms with Crippen LogP contribution in [0.15, 0.2) is 36.4 Å². The summed E-state index contributed by atoms with van der Waals surface area (Å²) in [4.78, 5) is 30.5. The fraction of sp³-hybridized carbons (Fsp3) is 0.440. The Kier molecular flexibility index (Phi) is 7.02. The molecule has 0 radical (unpaired) electrons. The third-order valence-corrected chi connectivity index (χ3v) is 6.56. The first-order chi connectivity index (χ1) is 15.8. The van der Waals surface area contributed by atoms with Crippen molar-refractivity contribution in [2.45, 2.75) is 44.6 Å². The molecule has 1 saturated carbocycles. The van der Waals surface area contributed by atoms with E-state index in [-0.39, 0.29) is 23.7 Å². The number of rotatable bonds is 5. The first-order valence-electron chi connectivity index (χ1n) is 11.3. The van der Waals surface area contributed by atoms with E-state index in [4.69, 9.17) is 4.84 Å². The van der Waals surface area contributed by atoms with E-state index in [1.807, 2.05) is 0 Å². The van der Waals surface area contributed by atoms with Crippen LogP contribution in [0.1, 0.15) is 59.6 Å². The van der Waals surface area contributed by atoms with Crippen molar-refractivity contribution in [3.8, 4) is 0 Å². The first-order valence-corrected chi connectivity index (χ1v) is 11.3. The standard InChI is InChI=1S/C25H27F3N2O3/c1-29-24(31)19-9-16(10-20(26)13-19)8-15-2-4-17(5-3-15)25(32)30-23(6-7-33-30)18-11-21(27)14-22(28)12-18/h9-15,17,23H,2-8H2,1H3,(H,29,31)/t15-,17-,23-/m0/s1. The minimum atomic E-state index is -0.679. The lowest BCUT2D eigenvalue weighted by molar-refractivity contribution is -0.183. The molecule has 1 aliphatic heterocycles. The zero-order chi connectivity index (χ0) is 23.5. The maximum Gasteiger partial charge on any atom is 0.251 e. The zero-order valence-corrected chi connectivity index (χ0v) is 18.5. The van der Waals surface area contributed by atoms with Crippen molar-refractivity contribution in [2.24, 2.45) is 11.8 Å². The van der Waals surface area contributed by atoms with Crippen LogP contribution in [-0.2, 0) is 16.1 Å². The van der Waals surface area contributed by atoms with Gasteiger partial charge in [0.2, 0.25) is 5.91 Å². The Hall–Kier alpha value is -2.87. The molecule has 1 atom stereocenters. The van der Waals surface area contributed by atoms with E-state index < -0.39 is 23.5 Å². The first kappa shape index (κ1) is 23.3. The Morgan fingerprint density at radius 3 is 2.27 bits per heavy atom. The van der Waals surface area contributed by atoms with Crippen LogP contribution >= 0.6 is 0 Å². The van der Waals surface area contributed by atoms with Gasteiger partial charge in [-0.3, -0.25) is 14.4 Å². The normalized spacial score (nSPS) is 22.9. The molecule has 1 saturated heterocycles. The molecule has 8 heteroatoms. The van der Waals surface area contributed by atoms with Gasteiger partial charge in [-0.05, 0) is 79.5 Å². The summed E-state index contributed by atoms with van der Waals surface area (Å²) in [6, 6.07) is 7.16. The third kappa shape index (κ3) is 5.38. The van der Waals surface area contributed by atoms with Crippen molar-refractivity contribution in [1.82, 2.24) is 10.4 Å². The van der Waals surface area contributed by atoms with Crippen LogP contribution in [0.2, 0.25) is 0 Å². The van der Waals surface area contributed by atoms with Crippen LogP contribution in [0.4, 0.5) is 13.2 Å². The van der Waals surface area contributed by atoms with Crippen LogP contribution < -0.4 is 5.32 Å². The molecule has 0 unspecified atom stereocenters. The largest absolute Gasteiger partial charge is 0.355 e. The molecule has 1 heterocycles. The molecule has 1 aliphatic carbocycles. The molecule has 0 bridgehead atoms. The number of nitrogens with one attached hydrogen (secondary N) is 1. The minimum absolute atomic E-state index is 0.159. The Bertz CT molecular complexity index is 1020. The van der Waals surface area contributed by atoms with E-state index >= 15 is 0 Å². The van der Waals surface area contributed by atoms with Gasteiger partial charge in [0.1, 0.15) is 17.5 Å². The predicted octanol–water partition coefficient (Wildman–Crippen LogP) is 4.72. The number of amides is 2. The highest BCUT2D eigenvalue weighted by molar-refractivity contribution is 5.94. The Morgan fingerprint density at radius 1 is 0.939 bits per heavy atom. The maximum atomic E-state index is 14.0. The highest BCUT2D eigenvalue weighted by Gasteiger charge is 2.37. The molecule has 176 valence electrons. The van der Waals surface area contributed by atoms with E-state index in [2.05, 4.69) is 5.32 Å². The van der Waals surface area contributed by atoms with Gasteiger partial charge in [-0.2, -0.15) is 0 Å². The predicted molar refractivity (Wildman–Crippen MR) is 115 cm³/mol. The molecule has 2 aromatic carbocycles. The molecular weight excluding hydrogens is 433 g/mol. The summed E-state index contributed by atoms with van der Waals surface area (Å²) in [6.45, 7) is 0.317. The second kappa shape index (κ2) is 9.95. The molecule has 2 aromatic rings. The Labute approximate surface area is 190 Å². The van der Waals surface area contributed by atoms with E-state index in [0.717, 1.165) is 24.5 Å². The summed E-state index contributed by atoms with van der Waals surface area (Å²) in [6.07, 6.45) is 4.01. The zero-order valence-electron chi connectivity index (χ0n) is 18.5. The van der Waals surface area contributed by atoms with E-state index in [1.165, 1.54) is 36.4 Å². The smallest absolute Gasteiger partial charge is 0.251 e. The fourth-order valence-corrected chi connectivity index (χ4v) is 4.93. The average molecular weight is 460 g/mol. The van der Waals surface area contributed by atoms with Crippen molar-refractivity contribution >= 4 is 11.8 Å². The highest BCUT2D eigenvalue weighted by atomic mass is 19.1. The second-order valence-corrected chi connectivity index (χ2v) is 8.85. The van der Waals surface area contributed by atoms with Gasteiger partial charge in [0.15, 0.2) is 0 Å². The topological polar surface area (TPSA) is 58.6 Å². The van der Waals surface area contributed by atoms with Crippen LogP contribution in [-0.4, -0.2) is 30.5 Å². The van der Waals surface area contributed by atoms with Gasteiger partial charge in [-0.25, -0.2) is 18.2 Å². The van der Waals surface area contributed by atoms with Crippen LogP contribution in [0, 0.1) is 29.3 Å². The SMILES string of the molecule is CNC(=O)c1cc(F)cc(C[C@H]2CC[C@H](C(=O)N3OCC[C@H]3c3cc(F)cc(F)c3)CC2)c1. The summed E-state index contributed by atoms with van der Waals surface area (Å²) in [5.41, 5.74) is 1.45. The summed E-state index contributed by atoms with van der Waals surface area (Å²) in [7, 11) is 1.50. The number of hydroxylamine groups is 2. The number of carbonyl (C=O) groups excluding carboxylic acids is 2. The molecule has 0 aromatic heterocycles. The number of halogens is 3. The van der Waals surface area contributed by atoms with Gasteiger partial charge in [-0.1, -0.05) is 0 Å². The summed E-state index contributed by atoms with van der Waals surface area (Å²) in [5.74, 6) is -2.24. The Morgan fingerprint density at radius 2 is 1.61 bits per heavy atom. The fourth-order valence-electron chi connectivity index (χ4n) is 4.93. The molecule has 2 fully saturated rings. The van der Waals surface area contributed by atoms with E-state index in [1.54, 1.807) is 6.07 Å². The molecule has 2 amide bonds. The number of benzene rings is 2. The number of hydrogen-bond donors (Lipinski definition) is 1. The summed E-state index contributed by atoms with van der Waals surface area (Å²) in [5, 5.41) is 3.80. The van der Waals surface area contributed by atoms with Crippen LogP contribution in [0.25, 0.3) is 0 Å². The minimum Gasteiger partial charge on any atom is -0.355 e. The van der Waals surface area contributed by atoms with E-state index in [9.17, 15) is 22.8 Å². The van der Waals surface area contributed by atoms with Crippen molar-refractivity contribution < 1.29 is 27.6 Å². The lowest BCUT2D eigenvalue weighted by Gasteiger charge is -2.32. The molecule has 33 heavy (non-hydrogen) atoms. The average Bonchev–Trinajstić information content (AvgIpc) is 3.27. The monoisotopic (exact) mass is 460 g/mol. The van der Waals surface area contributed by atoms with Crippen LogP contribution in [0.3, 0.4) is 0 Å². The van der Waals surface area contributed by atoms with Gasteiger partial charge in [0.25, 0.3) is 5.91 Å². The summed E-state index contributed by atoms with van der Waals surface area (Å²) >= 11 is 0. The number of carbonyl (C=O) groups is 2. The maximum absolute atomic E-state index is 14.0. The quantitative estimate of drug-likeness (QED) is 0.703. The van der Waals surface area contributed by atoms with Gasteiger partial charge >= 0.3 is 0 Å². The summed E-state index contributed by atoms with van der Waals surface area (Å²) < 4.78 is 41.3. The third-order valence-electron chi connectivity index (χ3n) is 6.56. The molecule has 1 N–H and O–H groups in total.